The van der Waals surface area contributed by atoms with E-state index in [1.54, 1.807) is 0 Å². The Balaban J connectivity index is 1.56. The fourth-order valence-electron chi connectivity index (χ4n) is 2.92. The topological polar surface area (TPSA) is 41.3 Å². The highest BCUT2D eigenvalue weighted by Gasteiger charge is 2.16. The molecule has 112 valence electrons. The summed E-state index contributed by atoms with van der Waals surface area (Å²) in [6.45, 7) is 3.01. The van der Waals surface area contributed by atoms with Crippen molar-refractivity contribution < 1.29 is 4.52 Å². The van der Waals surface area contributed by atoms with Crippen molar-refractivity contribution in [1.29, 1.82) is 0 Å². The molecule has 1 saturated heterocycles. The minimum absolute atomic E-state index is 0.611. The van der Waals surface area contributed by atoms with Gasteiger partial charge in [0.05, 0.1) is 6.54 Å². The third-order valence-electron chi connectivity index (χ3n) is 4.00. The standard InChI is InChI=1S/C17H23N3O/c1-20(12-15-9-5-6-10-18-15)13-16-11-17(19-21-16)14-7-3-2-4-8-14/h2-4,7-8,11,15,18H,5-6,9-10,12-13H2,1H3. The summed E-state index contributed by atoms with van der Waals surface area (Å²) in [7, 11) is 2.14. The molecule has 0 spiro atoms. The molecule has 0 saturated carbocycles. The molecule has 0 radical (unpaired) electrons. The molecule has 1 aromatic heterocycles. The largest absolute Gasteiger partial charge is 0.359 e. The monoisotopic (exact) mass is 285 g/mol. The third kappa shape index (κ3) is 3.93. The number of aromatic nitrogens is 1. The molecule has 1 N–H and O–H groups in total. The average Bonchev–Trinajstić information content (AvgIpc) is 2.97. The summed E-state index contributed by atoms with van der Waals surface area (Å²) in [6.07, 6.45) is 3.92. The Labute approximate surface area is 126 Å². The van der Waals surface area contributed by atoms with Gasteiger partial charge in [-0.3, -0.25) is 4.90 Å². The molecular formula is C17H23N3O. The molecule has 4 nitrogen and oxygen atoms in total. The average molecular weight is 285 g/mol. The number of hydrogen-bond acceptors (Lipinski definition) is 4. The van der Waals surface area contributed by atoms with Gasteiger partial charge >= 0.3 is 0 Å². The van der Waals surface area contributed by atoms with Crippen molar-refractivity contribution in [3.8, 4) is 11.3 Å². The number of piperidine rings is 1. The van der Waals surface area contributed by atoms with Crippen molar-refractivity contribution in [2.75, 3.05) is 20.1 Å². The summed E-state index contributed by atoms with van der Waals surface area (Å²) in [6, 6.07) is 12.8. The smallest absolute Gasteiger partial charge is 0.151 e. The maximum absolute atomic E-state index is 5.47. The summed E-state index contributed by atoms with van der Waals surface area (Å²) in [5.74, 6) is 0.923. The number of likely N-dealkylation sites (N-methyl/N-ethyl adjacent to an activating group) is 1. The van der Waals surface area contributed by atoms with Crippen LogP contribution in [0.3, 0.4) is 0 Å². The SMILES string of the molecule is CN(Cc1cc(-c2ccccc2)no1)CC1CCCCN1. The normalized spacial score (nSPS) is 19.0. The van der Waals surface area contributed by atoms with Crippen molar-refractivity contribution in [2.24, 2.45) is 0 Å². The Kier molecular flexibility index (Phi) is 4.68. The Morgan fingerprint density at radius 2 is 2.14 bits per heavy atom. The minimum atomic E-state index is 0.611. The molecule has 4 heteroatoms. The summed E-state index contributed by atoms with van der Waals surface area (Å²) >= 11 is 0. The van der Waals surface area contributed by atoms with Gasteiger partial charge in [0.25, 0.3) is 0 Å². The second-order valence-electron chi connectivity index (χ2n) is 5.89. The van der Waals surface area contributed by atoms with Crippen LogP contribution >= 0.6 is 0 Å². The predicted octanol–water partition coefficient (Wildman–Crippen LogP) is 2.92. The molecular weight excluding hydrogens is 262 g/mol. The molecule has 1 unspecified atom stereocenters. The number of hydrogen-bond donors (Lipinski definition) is 1. The van der Waals surface area contributed by atoms with Crippen molar-refractivity contribution >= 4 is 0 Å². The molecule has 1 aliphatic heterocycles. The summed E-state index contributed by atoms with van der Waals surface area (Å²) < 4.78 is 5.47. The van der Waals surface area contributed by atoms with Gasteiger partial charge in [-0.1, -0.05) is 41.9 Å². The maximum Gasteiger partial charge on any atom is 0.151 e. The summed E-state index contributed by atoms with van der Waals surface area (Å²) in [4.78, 5) is 2.30. The Hall–Kier alpha value is -1.65. The number of nitrogens with zero attached hydrogens (tertiary/aromatic N) is 2. The zero-order valence-corrected chi connectivity index (χ0v) is 12.6. The first-order valence-corrected chi connectivity index (χ1v) is 7.74. The lowest BCUT2D eigenvalue weighted by Crippen LogP contribution is -2.42. The molecule has 2 aromatic rings. The quantitative estimate of drug-likeness (QED) is 0.917. The van der Waals surface area contributed by atoms with E-state index in [2.05, 4.69) is 34.6 Å². The predicted molar refractivity (Wildman–Crippen MR) is 83.9 cm³/mol. The first kappa shape index (κ1) is 14.3. The van der Waals surface area contributed by atoms with Gasteiger partial charge in [-0.05, 0) is 26.4 Å². The van der Waals surface area contributed by atoms with Crippen LogP contribution in [0.15, 0.2) is 40.9 Å². The lowest BCUT2D eigenvalue weighted by molar-refractivity contribution is 0.231. The van der Waals surface area contributed by atoms with Crippen LogP contribution in [0, 0.1) is 0 Å². The minimum Gasteiger partial charge on any atom is -0.359 e. The van der Waals surface area contributed by atoms with Gasteiger partial charge < -0.3 is 9.84 Å². The zero-order valence-electron chi connectivity index (χ0n) is 12.6. The second kappa shape index (κ2) is 6.87. The van der Waals surface area contributed by atoms with Crippen LogP contribution < -0.4 is 5.32 Å². The second-order valence-corrected chi connectivity index (χ2v) is 5.89. The molecule has 3 rings (SSSR count). The molecule has 1 aromatic carbocycles. The van der Waals surface area contributed by atoms with E-state index in [0.717, 1.165) is 36.7 Å². The fraction of sp³-hybridized carbons (Fsp3) is 0.471. The Morgan fingerprint density at radius 1 is 1.29 bits per heavy atom. The van der Waals surface area contributed by atoms with Gasteiger partial charge in [-0.15, -0.1) is 0 Å². The van der Waals surface area contributed by atoms with Crippen LogP contribution in [-0.2, 0) is 6.54 Å². The molecule has 0 bridgehead atoms. The molecule has 21 heavy (non-hydrogen) atoms. The first-order chi connectivity index (χ1) is 10.3. The van der Waals surface area contributed by atoms with Crippen molar-refractivity contribution in [1.82, 2.24) is 15.4 Å². The van der Waals surface area contributed by atoms with Crippen LogP contribution in [0.4, 0.5) is 0 Å². The van der Waals surface area contributed by atoms with E-state index < -0.39 is 0 Å². The number of nitrogens with one attached hydrogen (secondary N) is 1. The van der Waals surface area contributed by atoms with Crippen molar-refractivity contribution in [3.05, 3.63) is 42.2 Å². The Morgan fingerprint density at radius 3 is 2.90 bits per heavy atom. The number of benzene rings is 1. The molecule has 1 fully saturated rings. The zero-order chi connectivity index (χ0) is 14.5. The third-order valence-corrected chi connectivity index (χ3v) is 4.00. The molecule has 0 aliphatic carbocycles. The van der Waals surface area contributed by atoms with Gasteiger partial charge in [0, 0.05) is 24.2 Å². The highest BCUT2D eigenvalue weighted by atomic mass is 16.5. The number of rotatable bonds is 5. The van der Waals surface area contributed by atoms with Gasteiger partial charge in [0.15, 0.2) is 5.76 Å². The van der Waals surface area contributed by atoms with Crippen LogP contribution in [0.2, 0.25) is 0 Å². The highest BCUT2D eigenvalue weighted by Crippen LogP contribution is 2.19. The van der Waals surface area contributed by atoms with Gasteiger partial charge in [0.1, 0.15) is 5.69 Å². The molecule has 1 atom stereocenters. The fourth-order valence-corrected chi connectivity index (χ4v) is 2.92. The summed E-state index contributed by atoms with van der Waals surface area (Å²) in [5.41, 5.74) is 2.01. The highest BCUT2D eigenvalue weighted by molar-refractivity contribution is 5.58. The van der Waals surface area contributed by atoms with E-state index in [-0.39, 0.29) is 0 Å². The lowest BCUT2D eigenvalue weighted by atomic mass is 10.0. The van der Waals surface area contributed by atoms with Crippen molar-refractivity contribution in [3.63, 3.8) is 0 Å². The lowest BCUT2D eigenvalue weighted by Gasteiger charge is -2.27. The van der Waals surface area contributed by atoms with Gasteiger partial charge in [0.2, 0.25) is 0 Å². The van der Waals surface area contributed by atoms with Gasteiger partial charge in [-0.25, -0.2) is 0 Å². The molecule has 1 aliphatic rings. The first-order valence-electron chi connectivity index (χ1n) is 7.74. The van der Waals surface area contributed by atoms with Crippen LogP contribution in [0.5, 0.6) is 0 Å². The van der Waals surface area contributed by atoms with Crippen molar-refractivity contribution in [2.45, 2.75) is 31.8 Å². The molecule has 2 heterocycles. The maximum atomic E-state index is 5.47. The van der Waals surface area contributed by atoms with E-state index in [4.69, 9.17) is 4.52 Å². The van der Waals surface area contributed by atoms with E-state index >= 15 is 0 Å². The van der Waals surface area contributed by atoms with E-state index in [0.29, 0.717) is 6.04 Å². The van der Waals surface area contributed by atoms with Gasteiger partial charge in [-0.2, -0.15) is 0 Å². The molecule has 0 amide bonds. The van der Waals surface area contributed by atoms with Crippen LogP contribution in [0.1, 0.15) is 25.0 Å². The van der Waals surface area contributed by atoms with E-state index in [1.165, 1.54) is 19.3 Å². The van der Waals surface area contributed by atoms with E-state index in [9.17, 15) is 0 Å². The van der Waals surface area contributed by atoms with E-state index in [1.807, 2.05) is 24.3 Å². The Bertz CT molecular complexity index is 546. The summed E-state index contributed by atoms with van der Waals surface area (Å²) in [5, 5.41) is 7.75. The van der Waals surface area contributed by atoms with Crippen LogP contribution in [-0.4, -0.2) is 36.2 Å². The van der Waals surface area contributed by atoms with Crippen LogP contribution in [0.25, 0.3) is 11.3 Å².